The minimum atomic E-state index is -0.173. The quantitative estimate of drug-likeness (QED) is 0.779. The Kier molecular flexibility index (Phi) is 3.73. The zero-order valence-electron chi connectivity index (χ0n) is 11.1. The molecular weight excluding hydrogens is 216 g/mol. The Bertz CT molecular complexity index is 274. The van der Waals surface area contributed by atoms with Gasteiger partial charge in [0.2, 0.25) is 5.91 Å². The van der Waals surface area contributed by atoms with Crippen LogP contribution in [0.5, 0.6) is 0 Å². The van der Waals surface area contributed by atoms with Crippen molar-refractivity contribution in [3.8, 4) is 0 Å². The van der Waals surface area contributed by atoms with Gasteiger partial charge >= 0.3 is 0 Å². The van der Waals surface area contributed by atoms with E-state index in [9.17, 15) is 4.79 Å². The first kappa shape index (κ1) is 12.8. The molecule has 0 spiro atoms. The summed E-state index contributed by atoms with van der Waals surface area (Å²) in [7, 11) is 0. The number of amides is 1. The summed E-state index contributed by atoms with van der Waals surface area (Å²) in [6, 6.07) is 1.23. The summed E-state index contributed by atoms with van der Waals surface area (Å²) in [6.45, 7) is 6.14. The van der Waals surface area contributed by atoms with E-state index in [-0.39, 0.29) is 24.2 Å². The highest BCUT2D eigenvalue weighted by atomic mass is 16.5. The Balaban J connectivity index is 1.70. The van der Waals surface area contributed by atoms with Gasteiger partial charge in [-0.05, 0) is 46.5 Å². The standard InChI is InChI=1S/C13H24N2O2/c1-13(2,3)15-12(16)8-17-11-6-9-4-5-10(7-11)14-9/h9-11,14H,4-8H2,1-3H3,(H,15,16). The minimum absolute atomic E-state index is 0.0108. The smallest absolute Gasteiger partial charge is 0.246 e. The lowest BCUT2D eigenvalue weighted by Crippen LogP contribution is -2.45. The Morgan fingerprint density at radius 1 is 1.29 bits per heavy atom. The van der Waals surface area contributed by atoms with Crippen molar-refractivity contribution in [1.29, 1.82) is 0 Å². The molecule has 2 unspecified atom stereocenters. The normalized spacial score (nSPS) is 32.5. The molecule has 2 atom stereocenters. The fourth-order valence-corrected chi connectivity index (χ4v) is 2.79. The second kappa shape index (κ2) is 4.94. The monoisotopic (exact) mass is 240 g/mol. The Labute approximate surface area is 103 Å². The molecule has 0 saturated carbocycles. The molecular formula is C13H24N2O2. The molecule has 0 aromatic rings. The van der Waals surface area contributed by atoms with Gasteiger partial charge in [0.15, 0.2) is 0 Å². The van der Waals surface area contributed by atoms with Crippen LogP contribution in [0.2, 0.25) is 0 Å². The van der Waals surface area contributed by atoms with Crippen molar-refractivity contribution in [2.45, 2.75) is 70.2 Å². The van der Waals surface area contributed by atoms with Gasteiger partial charge in [-0.3, -0.25) is 4.79 Å². The average Bonchev–Trinajstić information content (AvgIpc) is 2.53. The Morgan fingerprint density at radius 2 is 1.88 bits per heavy atom. The molecule has 2 fully saturated rings. The highest BCUT2D eigenvalue weighted by molar-refractivity contribution is 5.77. The second-order valence-corrected chi connectivity index (χ2v) is 6.34. The Hall–Kier alpha value is -0.610. The first-order valence-corrected chi connectivity index (χ1v) is 6.61. The van der Waals surface area contributed by atoms with E-state index < -0.39 is 0 Å². The number of piperidine rings is 1. The van der Waals surface area contributed by atoms with Crippen LogP contribution in [0.1, 0.15) is 46.5 Å². The summed E-state index contributed by atoms with van der Waals surface area (Å²) in [4.78, 5) is 11.6. The van der Waals surface area contributed by atoms with Crippen LogP contribution in [0.4, 0.5) is 0 Å². The first-order chi connectivity index (χ1) is 7.92. The molecule has 2 saturated heterocycles. The molecule has 17 heavy (non-hydrogen) atoms. The summed E-state index contributed by atoms with van der Waals surface area (Å²) >= 11 is 0. The lowest BCUT2D eigenvalue weighted by atomic mass is 10.0. The molecule has 98 valence electrons. The SMILES string of the molecule is CC(C)(C)NC(=O)COC1CC2CCC(C1)N2. The van der Waals surface area contributed by atoms with Crippen molar-refractivity contribution in [2.75, 3.05) is 6.61 Å². The van der Waals surface area contributed by atoms with Crippen molar-refractivity contribution in [1.82, 2.24) is 10.6 Å². The zero-order valence-corrected chi connectivity index (χ0v) is 11.1. The molecule has 2 heterocycles. The summed E-state index contributed by atoms with van der Waals surface area (Å²) in [6.07, 6.45) is 4.90. The molecule has 0 radical (unpaired) electrons. The number of carbonyl (C=O) groups excluding carboxylic acids is 1. The lowest BCUT2D eigenvalue weighted by Gasteiger charge is -2.29. The van der Waals surface area contributed by atoms with E-state index in [2.05, 4.69) is 10.6 Å². The van der Waals surface area contributed by atoms with Gasteiger partial charge in [0.25, 0.3) is 0 Å². The highest BCUT2D eigenvalue weighted by Gasteiger charge is 2.34. The third-order valence-electron chi connectivity index (χ3n) is 3.39. The van der Waals surface area contributed by atoms with Gasteiger partial charge in [0.1, 0.15) is 6.61 Å². The van der Waals surface area contributed by atoms with Gasteiger partial charge in [-0.1, -0.05) is 0 Å². The molecule has 2 aliphatic heterocycles. The topological polar surface area (TPSA) is 50.4 Å². The third kappa shape index (κ3) is 3.96. The molecule has 4 heteroatoms. The fourth-order valence-electron chi connectivity index (χ4n) is 2.79. The van der Waals surface area contributed by atoms with E-state index in [1.165, 1.54) is 12.8 Å². The maximum atomic E-state index is 11.6. The van der Waals surface area contributed by atoms with Crippen LogP contribution in [0.15, 0.2) is 0 Å². The molecule has 0 aromatic carbocycles. The number of hydrogen-bond acceptors (Lipinski definition) is 3. The van der Waals surface area contributed by atoms with Gasteiger partial charge in [0, 0.05) is 17.6 Å². The summed E-state index contributed by atoms with van der Waals surface area (Å²) in [5, 5.41) is 6.48. The fraction of sp³-hybridized carbons (Fsp3) is 0.923. The number of carbonyl (C=O) groups is 1. The van der Waals surface area contributed by atoms with Crippen LogP contribution in [0.25, 0.3) is 0 Å². The minimum Gasteiger partial charge on any atom is -0.368 e. The third-order valence-corrected chi connectivity index (χ3v) is 3.39. The van der Waals surface area contributed by atoms with Crippen molar-refractivity contribution in [2.24, 2.45) is 0 Å². The highest BCUT2D eigenvalue weighted by Crippen LogP contribution is 2.28. The summed E-state index contributed by atoms with van der Waals surface area (Å²) in [5.74, 6) is -0.0108. The molecule has 2 bridgehead atoms. The maximum absolute atomic E-state index is 11.6. The second-order valence-electron chi connectivity index (χ2n) is 6.34. The molecule has 1 amide bonds. The molecule has 2 N–H and O–H groups in total. The van der Waals surface area contributed by atoms with Gasteiger partial charge in [-0.15, -0.1) is 0 Å². The van der Waals surface area contributed by atoms with Crippen LogP contribution in [0, 0.1) is 0 Å². The molecule has 2 aliphatic rings. The predicted octanol–water partition coefficient (Wildman–Crippen LogP) is 1.20. The van der Waals surface area contributed by atoms with Gasteiger partial charge in [-0.2, -0.15) is 0 Å². The van der Waals surface area contributed by atoms with E-state index in [0.29, 0.717) is 12.1 Å². The molecule has 0 aromatic heterocycles. The van der Waals surface area contributed by atoms with Crippen LogP contribution < -0.4 is 10.6 Å². The largest absolute Gasteiger partial charge is 0.368 e. The van der Waals surface area contributed by atoms with Crippen molar-refractivity contribution in [3.05, 3.63) is 0 Å². The summed E-state index contributed by atoms with van der Waals surface area (Å²) in [5.41, 5.74) is -0.173. The lowest BCUT2D eigenvalue weighted by molar-refractivity contribution is -0.130. The number of hydrogen-bond donors (Lipinski definition) is 2. The van der Waals surface area contributed by atoms with E-state index in [0.717, 1.165) is 12.8 Å². The van der Waals surface area contributed by atoms with E-state index >= 15 is 0 Å². The van der Waals surface area contributed by atoms with Crippen molar-refractivity contribution in [3.63, 3.8) is 0 Å². The van der Waals surface area contributed by atoms with Crippen LogP contribution >= 0.6 is 0 Å². The number of fused-ring (bicyclic) bond motifs is 2. The van der Waals surface area contributed by atoms with E-state index in [4.69, 9.17) is 4.74 Å². The average molecular weight is 240 g/mol. The maximum Gasteiger partial charge on any atom is 0.246 e. The van der Waals surface area contributed by atoms with Gasteiger partial charge < -0.3 is 15.4 Å². The van der Waals surface area contributed by atoms with Crippen LogP contribution in [0.3, 0.4) is 0 Å². The number of nitrogens with one attached hydrogen (secondary N) is 2. The van der Waals surface area contributed by atoms with Gasteiger partial charge in [-0.25, -0.2) is 0 Å². The summed E-state index contributed by atoms with van der Waals surface area (Å²) < 4.78 is 5.72. The first-order valence-electron chi connectivity index (χ1n) is 6.61. The molecule has 0 aliphatic carbocycles. The van der Waals surface area contributed by atoms with E-state index in [1.54, 1.807) is 0 Å². The van der Waals surface area contributed by atoms with Gasteiger partial charge in [0.05, 0.1) is 6.10 Å². The zero-order chi connectivity index (χ0) is 12.5. The van der Waals surface area contributed by atoms with Crippen LogP contribution in [-0.2, 0) is 9.53 Å². The van der Waals surface area contributed by atoms with Crippen molar-refractivity contribution < 1.29 is 9.53 Å². The predicted molar refractivity (Wildman–Crippen MR) is 66.8 cm³/mol. The molecule has 2 rings (SSSR count). The number of ether oxygens (including phenoxy) is 1. The molecule has 4 nitrogen and oxygen atoms in total. The van der Waals surface area contributed by atoms with Crippen molar-refractivity contribution >= 4 is 5.91 Å². The number of rotatable bonds is 3. The van der Waals surface area contributed by atoms with Crippen LogP contribution in [-0.4, -0.2) is 36.2 Å². The Morgan fingerprint density at radius 3 is 2.41 bits per heavy atom. The van der Waals surface area contributed by atoms with E-state index in [1.807, 2.05) is 20.8 Å².